The van der Waals surface area contributed by atoms with Crippen LogP contribution in [0.1, 0.15) is 18.9 Å². The molecule has 0 radical (unpaired) electrons. The SMILES string of the molecule is CCCN1CCN(c2ccc(-c3ccc(CCl)c(=O)[nH]3)cc2)CC1.Cl. The Balaban J connectivity index is 0.00000225. The van der Waals surface area contributed by atoms with Crippen molar-refractivity contribution in [3.63, 3.8) is 0 Å². The van der Waals surface area contributed by atoms with Crippen LogP contribution in [0.2, 0.25) is 0 Å². The standard InChI is InChI=1S/C19H24ClN3O.ClH/c1-2-9-22-10-12-23(13-11-22)17-6-3-15(4-7-17)18-8-5-16(14-20)19(24)21-18;/h3-8H,2,9-14H2,1H3,(H,21,24);1H. The van der Waals surface area contributed by atoms with Crippen molar-refractivity contribution in [2.24, 2.45) is 0 Å². The van der Waals surface area contributed by atoms with Gasteiger partial charge in [0.1, 0.15) is 0 Å². The summed E-state index contributed by atoms with van der Waals surface area (Å²) in [7, 11) is 0. The minimum Gasteiger partial charge on any atom is -0.369 e. The number of anilines is 1. The second-order valence-electron chi connectivity index (χ2n) is 6.24. The van der Waals surface area contributed by atoms with Crippen molar-refractivity contribution in [3.05, 3.63) is 52.3 Å². The third kappa shape index (κ3) is 4.78. The molecule has 2 aromatic rings. The monoisotopic (exact) mass is 381 g/mol. The molecule has 4 nitrogen and oxygen atoms in total. The molecule has 0 unspecified atom stereocenters. The predicted molar refractivity (Wildman–Crippen MR) is 108 cm³/mol. The van der Waals surface area contributed by atoms with E-state index in [1.807, 2.05) is 6.07 Å². The number of piperazine rings is 1. The lowest BCUT2D eigenvalue weighted by Crippen LogP contribution is -2.46. The topological polar surface area (TPSA) is 39.3 Å². The number of H-pyrrole nitrogens is 1. The molecule has 1 saturated heterocycles. The number of nitrogens with one attached hydrogen (secondary N) is 1. The van der Waals surface area contributed by atoms with Crippen LogP contribution in [0.5, 0.6) is 0 Å². The Hall–Kier alpha value is -1.49. The zero-order chi connectivity index (χ0) is 16.9. The van der Waals surface area contributed by atoms with E-state index >= 15 is 0 Å². The minimum absolute atomic E-state index is 0. The summed E-state index contributed by atoms with van der Waals surface area (Å²) in [4.78, 5) is 19.7. The summed E-state index contributed by atoms with van der Waals surface area (Å²) in [6.45, 7) is 7.82. The lowest BCUT2D eigenvalue weighted by Gasteiger charge is -2.36. The summed E-state index contributed by atoms with van der Waals surface area (Å²) in [5.41, 5.74) is 3.57. The summed E-state index contributed by atoms with van der Waals surface area (Å²) >= 11 is 5.74. The molecule has 0 bridgehead atoms. The molecular weight excluding hydrogens is 357 g/mol. The zero-order valence-electron chi connectivity index (χ0n) is 14.5. The number of pyridine rings is 1. The number of halogens is 2. The third-order valence-corrected chi connectivity index (χ3v) is 4.88. The number of aromatic amines is 1. The fraction of sp³-hybridized carbons (Fsp3) is 0.421. The highest BCUT2D eigenvalue weighted by Crippen LogP contribution is 2.22. The first-order valence-electron chi connectivity index (χ1n) is 8.57. The van der Waals surface area contributed by atoms with Gasteiger partial charge in [-0.25, -0.2) is 0 Å². The first-order chi connectivity index (χ1) is 11.7. The maximum absolute atomic E-state index is 11.9. The van der Waals surface area contributed by atoms with Crippen LogP contribution in [0.15, 0.2) is 41.2 Å². The Morgan fingerprint density at radius 2 is 1.72 bits per heavy atom. The fourth-order valence-electron chi connectivity index (χ4n) is 3.18. The number of nitrogens with zero attached hydrogens (tertiary/aromatic N) is 2. The first-order valence-corrected chi connectivity index (χ1v) is 9.10. The Morgan fingerprint density at radius 3 is 2.28 bits per heavy atom. The molecule has 6 heteroatoms. The number of hydrogen-bond acceptors (Lipinski definition) is 3. The Bertz CT molecular complexity index is 722. The van der Waals surface area contributed by atoms with Crippen LogP contribution in [0.25, 0.3) is 11.3 Å². The molecule has 3 rings (SSSR count). The van der Waals surface area contributed by atoms with E-state index in [4.69, 9.17) is 11.6 Å². The van der Waals surface area contributed by atoms with Gasteiger partial charge in [0.15, 0.2) is 0 Å². The van der Waals surface area contributed by atoms with Crippen molar-refractivity contribution in [2.75, 3.05) is 37.6 Å². The van der Waals surface area contributed by atoms with E-state index in [0.717, 1.165) is 37.4 Å². The van der Waals surface area contributed by atoms with Crippen LogP contribution in [0, 0.1) is 0 Å². The average molecular weight is 382 g/mol. The van der Waals surface area contributed by atoms with Crippen LogP contribution >= 0.6 is 24.0 Å². The molecule has 1 aromatic carbocycles. The van der Waals surface area contributed by atoms with Crippen molar-refractivity contribution in [1.29, 1.82) is 0 Å². The lowest BCUT2D eigenvalue weighted by atomic mass is 10.1. The van der Waals surface area contributed by atoms with Gasteiger partial charge >= 0.3 is 0 Å². The number of hydrogen-bond donors (Lipinski definition) is 1. The molecule has 0 aliphatic carbocycles. The zero-order valence-corrected chi connectivity index (χ0v) is 16.1. The summed E-state index contributed by atoms with van der Waals surface area (Å²) in [6, 6.07) is 12.1. The molecule has 0 atom stereocenters. The molecule has 1 aromatic heterocycles. The number of alkyl halides is 1. The summed E-state index contributed by atoms with van der Waals surface area (Å²) < 4.78 is 0. The number of benzene rings is 1. The predicted octanol–water partition coefficient (Wildman–Crippen LogP) is 3.73. The molecule has 2 heterocycles. The van der Waals surface area contributed by atoms with Gasteiger partial charge in [-0.1, -0.05) is 25.1 Å². The summed E-state index contributed by atoms with van der Waals surface area (Å²) in [5.74, 6) is 0.235. The molecule has 1 N–H and O–H groups in total. The van der Waals surface area contributed by atoms with Gasteiger partial charge in [-0.05, 0) is 36.7 Å². The fourth-order valence-corrected chi connectivity index (χ4v) is 3.39. The maximum atomic E-state index is 11.9. The van der Waals surface area contributed by atoms with Crippen molar-refractivity contribution in [1.82, 2.24) is 9.88 Å². The normalized spacial score (nSPS) is 15.0. The lowest BCUT2D eigenvalue weighted by molar-refractivity contribution is 0.258. The van der Waals surface area contributed by atoms with Crippen molar-refractivity contribution in [3.8, 4) is 11.3 Å². The molecule has 0 saturated carbocycles. The first kappa shape index (κ1) is 19.8. The quantitative estimate of drug-likeness (QED) is 0.801. The van der Waals surface area contributed by atoms with E-state index < -0.39 is 0 Å². The second kappa shape index (κ2) is 9.27. The maximum Gasteiger partial charge on any atom is 0.252 e. The summed E-state index contributed by atoms with van der Waals surface area (Å²) in [5, 5.41) is 0. The Kier molecular flexibility index (Phi) is 7.36. The van der Waals surface area contributed by atoms with Gasteiger partial charge in [-0.2, -0.15) is 0 Å². The van der Waals surface area contributed by atoms with Gasteiger partial charge < -0.3 is 9.88 Å². The highest BCUT2D eigenvalue weighted by Gasteiger charge is 2.16. The largest absolute Gasteiger partial charge is 0.369 e. The van der Waals surface area contributed by atoms with E-state index in [1.165, 1.54) is 18.7 Å². The third-order valence-electron chi connectivity index (χ3n) is 4.59. The average Bonchev–Trinajstić information content (AvgIpc) is 2.63. The van der Waals surface area contributed by atoms with E-state index in [0.29, 0.717) is 5.56 Å². The van der Waals surface area contributed by atoms with Crippen LogP contribution in [0.4, 0.5) is 5.69 Å². The van der Waals surface area contributed by atoms with Crippen molar-refractivity contribution < 1.29 is 0 Å². The smallest absolute Gasteiger partial charge is 0.252 e. The summed E-state index contributed by atoms with van der Waals surface area (Å²) in [6.07, 6.45) is 1.22. The van der Waals surface area contributed by atoms with Crippen molar-refractivity contribution in [2.45, 2.75) is 19.2 Å². The van der Waals surface area contributed by atoms with Crippen molar-refractivity contribution >= 4 is 29.7 Å². The van der Waals surface area contributed by atoms with Gasteiger partial charge in [-0.3, -0.25) is 9.69 Å². The molecule has 1 aliphatic heterocycles. The highest BCUT2D eigenvalue weighted by atomic mass is 35.5. The molecular formula is C19H25Cl2N3O. The van der Waals surface area contributed by atoms with Gasteiger partial charge in [0.25, 0.3) is 5.56 Å². The van der Waals surface area contributed by atoms with E-state index in [2.05, 4.69) is 46.0 Å². The molecule has 1 aliphatic rings. The van der Waals surface area contributed by atoms with Gasteiger partial charge in [0.05, 0.1) is 5.88 Å². The highest BCUT2D eigenvalue weighted by molar-refractivity contribution is 6.17. The molecule has 25 heavy (non-hydrogen) atoms. The Morgan fingerprint density at radius 1 is 1.04 bits per heavy atom. The second-order valence-corrected chi connectivity index (χ2v) is 6.50. The van der Waals surface area contributed by atoms with Crippen LogP contribution in [-0.2, 0) is 5.88 Å². The minimum atomic E-state index is -0.112. The number of aromatic nitrogens is 1. The molecule has 136 valence electrons. The van der Waals surface area contributed by atoms with Crippen LogP contribution < -0.4 is 10.5 Å². The van der Waals surface area contributed by atoms with Gasteiger partial charge in [-0.15, -0.1) is 24.0 Å². The van der Waals surface area contributed by atoms with E-state index in [-0.39, 0.29) is 23.8 Å². The Labute approximate surface area is 160 Å². The number of rotatable bonds is 5. The van der Waals surface area contributed by atoms with Gasteiger partial charge in [0, 0.05) is 43.1 Å². The van der Waals surface area contributed by atoms with Crippen LogP contribution in [0.3, 0.4) is 0 Å². The van der Waals surface area contributed by atoms with Crippen LogP contribution in [-0.4, -0.2) is 42.6 Å². The molecule has 0 amide bonds. The van der Waals surface area contributed by atoms with E-state index in [9.17, 15) is 4.79 Å². The molecule has 0 spiro atoms. The van der Waals surface area contributed by atoms with E-state index in [1.54, 1.807) is 6.07 Å². The molecule has 1 fully saturated rings. The van der Waals surface area contributed by atoms with Gasteiger partial charge in [0.2, 0.25) is 0 Å².